The molecule has 18 heavy (non-hydrogen) atoms. The van der Waals surface area contributed by atoms with Crippen molar-refractivity contribution in [3.8, 4) is 5.75 Å². The van der Waals surface area contributed by atoms with E-state index in [-0.39, 0.29) is 0 Å². The number of nitrogens with zero attached hydrogens (tertiary/aromatic N) is 1. The molecule has 0 amide bonds. The molecule has 4 heteroatoms. The highest BCUT2D eigenvalue weighted by Crippen LogP contribution is 2.24. The minimum absolute atomic E-state index is 0.722. The Hall–Kier alpha value is -2.23. The van der Waals surface area contributed by atoms with Gasteiger partial charge in [-0.25, -0.2) is 0 Å². The lowest BCUT2D eigenvalue weighted by molar-refractivity contribution is 0.414. The molecule has 2 aromatic rings. The summed E-state index contributed by atoms with van der Waals surface area (Å²) >= 11 is 0. The molecule has 0 saturated heterocycles. The summed E-state index contributed by atoms with van der Waals surface area (Å²) in [4.78, 5) is 4.20. The maximum atomic E-state index is 5.65. The third kappa shape index (κ3) is 2.91. The molecule has 0 atom stereocenters. The standard InChI is InChI=1S/C14H17N3O/c1-10-7-13(14(18-2)9-16-10)17-8-11-3-5-12(15)6-4-11/h3-7,9H,8,15H2,1-2H3,(H,16,17). The number of aromatic nitrogens is 1. The van der Waals surface area contributed by atoms with Crippen LogP contribution in [0.25, 0.3) is 0 Å². The van der Waals surface area contributed by atoms with E-state index in [0.717, 1.165) is 29.4 Å². The van der Waals surface area contributed by atoms with E-state index in [1.165, 1.54) is 5.56 Å². The van der Waals surface area contributed by atoms with Crippen molar-refractivity contribution in [2.24, 2.45) is 0 Å². The van der Waals surface area contributed by atoms with Crippen molar-refractivity contribution in [3.63, 3.8) is 0 Å². The van der Waals surface area contributed by atoms with Crippen molar-refractivity contribution >= 4 is 11.4 Å². The molecule has 94 valence electrons. The Morgan fingerprint density at radius 2 is 2.00 bits per heavy atom. The summed E-state index contributed by atoms with van der Waals surface area (Å²) in [6.45, 7) is 2.67. The Bertz CT molecular complexity index is 523. The quantitative estimate of drug-likeness (QED) is 0.810. The average Bonchev–Trinajstić information content (AvgIpc) is 2.38. The second-order valence-electron chi connectivity index (χ2n) is 4.12. The van der Waals surface area contributed by atoms with E-state index in [1.54, 1.807) is 13.3 Å². The Kier molecular flexibility index (Phi) is 3.67. The van der Waals surface area contributed by atoms with E-state index < -0.39 is 0 Å². The van der Waals surface area contributed by atoms with Crippen LogP contribution in [-0.4, -0.2) is 12.1 Å². The Labute approximate surface area is 107 Å². The highest BCUT2D eigenvalue weighted by molar-refractivity contribution is 5.56. The number of nitrogen functional groups attached to an aromatic ring is 1. The Balaban J connectivity index is 2.09. The molecule has 0 spiro atoms. The van der Waals surface area contributed by atoms with Crippen LogP contribution in [0.15, 0.2) is 36.5 Å². The lowest BCUT2D eigenvalue weighted by Crippen LogP contribution is -2.02. The summed E-state index contributed by atoms with van der Waals surface area (Å²) < 4.78 is 5.26. The molecule has 2 rings (SSSR count). The summed E-state index contributed by atoms with van der Waals surface area (Å²) in [5.41, 5.74) is 9.49. The molecule has 0 fully saturated rings. The zero-order valence-corrected chi connectivity index (χ0v) is 10.6. The van der Waals surface area contributed by atoms with Gasteiger partial charge in [0.05, 0.1) is 19.0 Å². The van der Waals surface area contributed by atoms with E-state index >= 15 is 0 Å². The summed E-state index contributed by atoms with van der Waals surface area (Å²) in [5, 5.41) is 3.33. The molecule has 0 bridgehead atoms. The molecule has 0 aliphatic carbocycles. The number of benzene rings is 1. The van der Waals surface area contributed by atoms with Crippen molar-refractivity contribution in [1.82, 2.24) is 4.98 Å². The Morgan fingerprint density at radius 1 is 1.28 bits per heavy atom. The number of anilines is 2. The fraction of sp³-hybridized carbons (Fsp3) is 0.214. The summed E-state index contributed by atoms with van der Waals surface area (Å²) in [6, 6.07) is 9.76. The minimum Gasteiger partial charge on any atom is -0.493 e. The molecule has 3 N–H and O–H groups in total. The number of methoxy groups -OCH3 is 1. The summed E-state index contributed by atoms with van der Waals surface area (Å²) in [7, 11) is 1.64. The predicted octanol–water partition coefficient (Wildman–Crippen LogP) is 2.59. The van der Waals surface area contributed by atoms with Crippen LogP contribution in [-0.2, 0) is 6.54 Å². The van der Waals surface area contributed by atoms with Gasteiger partial charge in [0.15, 0.2) is 5.75 Å². The first kappa shape index (κ1) is 12.2. The maximum absolute atomic E-state index is 5.65. The lowest BCUT2D eigenvalue weighted by atomic mass is 10.2. The molecule has 0 saturated carbocycles. The topological polar surface area (TPSA) is 60.2 Å². The highest BCUT2D eigenvalue weighted by atomic mass is 16.5. The average molecular weight is 243 g/mol. The van der Waals surface area contributed by atoms with Gasteiger partial charge in [0.2, 0.25) is 0 Å². The first-order valence-corrected chi connectivity index (χ1v) is 5.78. The van der Waals surface area contributed by atoms with Crippen LogP contribution >= 0.6 is 0 Å². The smallest absolute Gasteiger partial charge is 0.160 e. The van der Waals surface area contributed by atoms with E-state index in [0.29, 0.717) is 0 Å². The summed E-state index contributed by atoms with van der Waals surface area (Å²) in [6.07, 6.45) is 1.72. The second kappa shape index (κ2) is 5.40. The number of hydrogen-bond acceptors (Lipinski definition) is 4. The third-order valence-corrected chi connectivity index (χ3v) is 2.69. The molecular formula is C14H17N3O. The van der Waals surface area contributed by atoms with Gasteiger partial charge in [-0.05, 0) is 30.7 Å². The monoisotopic (exact) mass is 243 g/mol. The first-order valence-electron chi connectivity index (χ1n) is 5.78. The van der Waals surface area contributed by atoms with Crippen LogP contribution in [0, 0.1) is 6.92 Å². The first-order chi connectivity index (χ1) is 8.69. The van der Waals surface area contributed by atoms with Crippen LogP contribution in [0.4, 0.5) is 11.4 Å². The molecule has 1 heterocycles. The van der Waals surface area contributed by atoms with Gasteiger partial charge in [0.1, 0.15) is 0 Å². The summed E-state index contributed by atoms with van der Waals surface area (Å²) in [5.74, 6) is 0.746. The van der Waals surface area contributed by atoms with E-state index in [4.69, 9.17) is 10.5 Å². The maximum Gasteiger partial charge on any atom is 0.160 e. The van der Waals surface area contributed by atoms with Crippen molar-refractivity contribution in [2.75, 3.05) is 18.2 Å². The van der Waals surface area contributed by atoms with Crippen LogP contribution < -0.4 is 15.8 Å². The molecule has 0 unspecified atom stereocenters. The molecule has 0 radical (unpaired) electrons. The Morgan fingerprint density at radius 3 is 2.67 bits per heavy atom. The molecule has 4 nitrogen and oxygen atoms in total. The number of nitrogens with one attached hydrogen (secondary N) is 1. The fourth-order valence-electron chi connectivity index (χ4n) is 1.68. The van der Waals surface area contributed by atoms with Crippen LogP contribution in [0.5, 0.6) is 5.75 Å². The van der Waals surface area contributed by atoms with Crippen molar-refractivity contribution in [2.45, 2.75) is 13.5 Å². The van der Waals surface area contributed by atoms with Gasteiger partial charge >= 0.3 is 0 Å². The lowest BCUT2D eigenvalue weighted by Gasteiger charge is -2.11. The number of rotatable bonds is 4. The van der Waals surface area contributed by atoms with Gasteiger partial charge in [-0.2, -0.15) is 0 Å². The number of hydrogen-bond donors (Lipinski definition) is 2. The second-order valence-corrected chi connectivity index (χ2v) is 4.12. The molecule has 0 aliphatic heterocycles. The predicted molar refractivity (Wildman–Crippen MR) is 73.7 cm³/mol. The van der Waals surface area contributed by atoms with Crippen LogP contribution in [0.2, 0.25) is 0 Å². The van der Waals surface area contributed by atoms with E-state index in [1.807, 2.05) is 37.3 Å². The zero-order chi connectivity index (χ0) is 13.0. The SMILES string of the molecule is COc1cnc(C)cc1NCc1ccc(N)cc1. The van der Waals surface area contributed by atoms with Crippen molar-refractivity contribution in [1.29, 1.82) is 0 Å². The van der Waals surface area contributed by atoms with Gasteiger partial charge in [0, 0.05) is 17.9 Å². The molecule has 1 aromatic heterocycles. The van der Waals surface area contributed by atoms with Crippen LogP contribution in [0.1, 0.15) is 11.3 Å². The van der Waals surface area contributed by atoms with Gasteiger partial charge < -0.3 is 15.8 Å². The van der Waals surface area contributed by atoms with Gasteiger partial charge in [-0.1, -0.05) is 12.1 Å². The largest absolute Gasteiger partial charge is 0.493 e. The van der Waals surface area contributed by atoms with E-state index in [2.05, 4.69) is 10.3 Å². The van der Waals surface area contributed by atoms with Gasteiger partial charge in [-0.15, -0.1) is 0 Å². The van der Waals surface area contributed by atoms with Gasteiger partial charge in [0.25, 0.3) is 0 Å². The minimum atomic E-state index is 0.722. The number of nitrogens with two attached hydrogens (primary N) is 1. The van der Waals surface area contributed by atoms with Crippen LogP contribution in [0.3, 0.4) is 0 Å². The number of ether oxygens (including phenoxy) is 1. The fourth-order valence-corrected chi connectivity index (χ4v) is 1.68. The molecule has 0 aliphatic rings. The van der Waals surface area contributed by atoms with Crippen molar-refractivity contribution in [3.05, 3.63) is 47.8 Å². The normalized spacial score (nSPS) is 10.1. The van der Waals surface area contributed by atoms with Crippen molar-refractivity contribution < 1.29 is 4.74 Å². The third-order valence-electron chi connectivity index (χ3n) is 2.69. The van der Waals surface area contributed by atoms with Gasteiger partial charge in [-0.3, -0.25) is 4.98 Å². The van der Waals surface area contributed by atoms with E-state index in [9.17, 15) is 0 Å². The highest BCUT2D eigenvalue weighted by Gasteiger charge is 2.03. The molecular weight excluding hydrogens is 226 g/mol. The zero-order valence-electron chi connectivity index (χ0n) is 10.6. The number of aryl methyl sites for hydroxylation is 1. The molecule has 1 aromatic carbocycles. The number of pyridine rings is 1.